The third-order valence-corrected chi connectivity index (χ3v) is 2.77. The molecule has 1 aromatic carbocycles. The van der Waals surface area contributed by atoms with Gasteiger partial charge in [-0.2, -0.15) is 0 Å². The van der Waals surface area contributed by atoms with Crippen LogP contribution in [0.25, 0.3) is 0 Å². The van der Waals surface area contributed by atoms with Gasteiger partial charge in [-0.15, -0.1) is 0 Å². The number of carbonyl (C=O) groups excluding carboxylic acids is 2. The van der Waals surface area contributed by atoms with Crippen LogP contribution < -0.4 is 5.32 Å². The summed E-state index contributed by atoms with van der Waals surface area (Å²) in [5.74, 6) is -0.854. The van der Waals surface area contributed by atoms with E-state index in [0.29, 0.717) is 0 Å². The Morgan fingerprint density at radius 2 is 2.00 bits per heavy atom. The van der Waals surface area contributed by atoms with E-state index in [2.05, 4.69) is 10.1 Å². The maximum atomic E-state index is 11.9. The summed E-state index contributed by atoms with van der Waals surface area (Å²) in [6.07, 6.45) is 0. The fraction of sp³-hybridized carbons (Fsp3) is 0.385. The SMILES string of the molecule is COC(=O)C(C)Nc1cc(C(=O)N(C)C)ccc1[N+](=O)[O-]. The van der Waals surface area contributed by atoms with Gasteiger partial charge >= 0.3 is 5.97 Å². The largest absolute Gasteiger partial charge is 0.467 e. The van der Waals surface area contributed by atoms with Gasteiger partial charge in [0, 0.05) is 25.7 Å². The molecule has 0 spiro atoms. The lowest BCUT2D eigenvalue weighted by Crippen LogP contribution is -2.28. The standard InChI is InChI=1S/C13H17N3O5/c1-8(13(18)21-4)14-10-7-9(12(17)15(2)3)5-6-11(10)16(19)20/h5-8,14H,1-4H3. The second-order valence-corrected chi connectivity index (χ2v) is 4.58. The maximum absolute atomic E-state index is 11.9. The van der Waals surface area contributed by atoms with E-state index in [9.17, 15) is 19.7 Å². The Hall–Kier alpha value is -2.64. The van der Waals surface area contributed by atoms with E-state index in [1.54, 1.807) is 14.1 Å². The molecule has 1 N–H and O–H groups in total. The monoisotopic (exact) mass is 295 g/mol. The molecule has 0 radical (unpaired) electrons. The van der Waals surface area contributed by atoms with Crippen molar-refractivity contribution in [2.24, 2.45) is 0 Å². The molecule has 0 aliphatic rings. The average Bonchev–Trinajstić information content (AvgIpc) is 2.44. The molecule has 1 aromatic rings. The Morgan fingerprint density at radius 1 is 1.38 bits per heavy atom. The minimum absolute atomic E-state index is 0.0885. The molecular formula is C13H17N3O5. The smallest absolute Gasteiger partial charge is 0.327 e. The molecule has 0 aliphatic heterocycles. The number of ether oxygens (including phenoxy) is 1. The molecular weight excluding hydrogens is 278 g/mol. The number of nitro groups is 1. The van der Waals surface area contributed by atoms with Crippen molar-refractivity contribution in [1.82, 2.24) is 4.90 Å². The number of hydrogen-bond acceptors (Lipinski definition) is 6. The number of nitro benzene ring substituents is 1. The third kappa shape index (κ3) is 3.91. The molecule has 0 heterocycles. The van der Waals surface area contributed by atoms with Gasteiger partial charge in [-0.1, -0.05) is 0 Å². The molecule has 8 nitrogen and oxygen atoms in total. The molecule has 0 saturated carbocycles. The highest BCUT2D eigenvalue weighted by Crippen LogP contribution is 2.26. The first-order valence-electron chi connectivity index (χ1n) is 6.12. The van der Waals surface area contributed by atoms with Crippen molar-refractivity contribution >= 4 is 23.3 Å². The highest BCUT2D eigenvalue weighted by Gasteiger charge is 2.21. The summed E-state index contributed by atoms with van der Waals surface area (Å²) in [4.78, 5) is 35.1. The van der Waals surface area contributed by atoms with Crippen molar-refractivity contribution in [2.75, 3.05) is 26.5 Å². The normalized spacial score (nSPS) is 11.4. The van der Waals surface area contributed by atoms with Crippen LogP contribution in [0.15, 0.2) is 18.2 Å². The van der Waals surface area contributed by atoms with Crippen LogP contribution in [0.4, 0.5) is 11.4 Å². The van der Waals surface area contributed by atoms with Crippen LogP contribution in [0.3, 0.4) is 0 Å². The Bertz CT molecular complexity index is 571. The second-order valence-electron chi connectivity index (χ2n) is 4.58. The van der Waals surface area contributed by atoms with Gasteiger partial charge in [0.1, 0.15) is 11.7 Å². The summed E-state index contributed by atoms with van der Waals surface area (Å²) < 4.78 is 4.55. The van der Waals surface area contributed by atoms with Gasteiger partial charge in [0.15, 0.2) is 0 Å². The first kappa shape index (κ1) is 16.4. The van der Waals surface area contributed by atoms with Crippen molar-refractivity contribution in [3.63, 3.8) is 0 Å². The number of nitrogens with one attached hydrogen (secondary N) is 1. The van der Waals surface area contributed by atoms with Gasteiger partial charge in [0.05, 0.1) is 12.0 Å². The van der Waals surface area contributed by atoms with Gasteiger partial charge in [-0.3, -0.25) is 14.9 Å². The van der Waals surface area contributed by atoms with E-state index in [1.807, 2.05) is 0 Å². The molecule has 0 saturated heterocycles. The van der Waals surface area contributed by atoms with E-state index in [1.165, 1.54) is 37.1 Å². The Balaban J connectivity index is 3.19. The molecule has 0 fully saturated rings. The molecule has 21 heavy (non-hydrogen) atoms. The zero-order valence-corrected chi connectivity index (χ0v) is 12.2. The van der Waals surface area contributed by atoms with Crippen LogP contribution in [0.5, 0.6) is 0 Å². The number of esters is 1. The number of hydrogen-bond donors (Lipinski definition) is 1. The zero-order chi connectivity index (χ0) is 16.2. The molecule has 1 rings (SSSR count). The van der Waals surface area contributed by atoms with Crippen LogP contribution in [-0.2, 0) is 9.53 Å². The fourth-order valence-electron chi connectivity index (χ4n) is 1.67. The van der Waals surface area contributed by atoms with Crippen LogP contribution in [-0.4, -0.2) is 48.9 Å². The first-order chi connectivity index (χ1) is 9.77. The van der Waals surface area contributed by atoms with E-state index in [0.717, 1.165) is 0 Å². The molecule has 1 atom stereocenters. The summed E-state index contributed by atoms with van der Waals surface area (Å²) >= 11 is 0. The number of benzene rings is 1. The lowest BCUT2D eigenvalue weighted by molar-refractivity contribution is -0.384. The number of carbonyl (C=O) groups is 2. The summed E-state index contributed by atoms with van der Waals surface area (Å²) in [5.41, 5.74) is 0.150. The quantitative estimate of drug-likeness (QED) is 0.498. The number of rotatable bonds is 5. The van der Waals surface area contributed by atoms with Gasteiger partial charge in [-0.25, -0.2) is 4.79 Å². The number of anilines is 1. The molecule has 0 bridgehead atoms. The topological polar surface area (TPSA) is 102 Å². The zero-order valence-electron chi connectivity index (χ0n) is 12.2. The highest BCUT2D eigenvalue weighted by molar-refractivity contribution is 5.96. The summed E-state index contributed by atoms with van der Waals surface area (Å²) in [5, 5.41) is 13.7. The molecule has 0 aliphatic carbocycles. The Morgan fingerprint density at radius 3 is 2.48 bits per heavy atom. The minimum Gasteiger partial charge on any atom is -0.467 e. The number of amides is 1. The lowest BCUT2D eigenvalue weighted by Gasteiger charge is -2.15. The van der Waals surface area contributed by atoms with Gasteiger partial charge in [0.25, 0.3) is 11.6 Å². The van der Waals surface area contributed by atoms with Crippen molar-refractivity contribution in [3.05, 3.63) is 33.9 Å². The van der Waals surface area contributed by atoms with E-state index in [-0.39, 0.29) is 22.8 Å². The van der Waals surface area contributed by atoms with Crippen molar-refractivity contribution < 1.29 is 19.2 Å². The highest BCUT2D eigenvalue weighted by atomic mass is 16.6. The molecule has 8 heteroatoms. The minimum atomic E-state index is -0.779. The van der Waals surface area contributed by atoms with Crippen molar-refractivity contribution in [1.29, 1.82) is 0 Å². The van der Waals surface area contributed by atoms with Crippen LogP contribution in [0, 0.1) is 10.1 Å². The average molecular weight is 295 g/mol. The predicted molar refractivity (Wildman–Crippen MR) is 76.2 cm³/mol. The number of methoxy groups -OCH3 is 1. The molecule has 114 valence electrons. The van der Waals surface area contributed by atoms with E-state index in [4.69, 9.17) is 0 Å². The fourth-order valence-corrected chi connectivity index (χ4v) is 1.67. The van der Waals surface area contributed by atoms with Crippen molar-refractivity contribution in [2.45, 2.75) is 13.0 Å². The van der Waals surface area contributed by atoms with Gasteiger partial charge in [0.2, 0.25) is 0 Å². The summed E-state index contributed by atoms with van der Waals surface area (Å²) in [7, 11) is 4.38. The summed E-state index contributed by atoms with van der Waals surface area (Å²) in [6, 6.07) is 3.16. The lowest BCUT2D eigenvalue weighted by atomic mass is 10.1. The molecule has 0 aromatic heterocycles. The maximum Gasteiger partial charge on any atom is 0.327 e. The summed E-state index contributed by atoms with van der Waals surface area (Å²) in [6.45, 7) is 1.51. The van der Waals surface area contributed by atoms with Crippen LogP contribution >= 0.6 is 0 Å². The molecule has 1 unspecified atom stereocenters. The van der Waals surface area contributed by atoms with E-state index >= 15 is 0 Å². The predicted octanol–water partition coefficient (Wildman–Crippen LogP) is 1.27. The molecule has 1 amide bonds. The van der Waals surface area contributed by atoms with Gasteiger partial charge in [-0.05, 0) is 19.1 Å². The van der Waals surface area contributed by atoms with Gasteiger partial charge < -0.3 is 15.0 Å². The van der Waals surface area contributed by atoms with E-state index < -0.39 is 16.9 Å². The number of nitrogens with zero attached hydrogens (tertiary/aromatic N) is 2. The van der Waals surface area contributed by atoms with Crippen LogP contribution in [0.2, 0.25) is 0 Å². The second kappa shape index (κ2) is 6.69. The van der Waals surface area contributed by atoms with Crippen LogP contribution in [0.1, 0.15) is 17.3 Å². The third-order valence-electron chi connectivity index (χ3n) is 2.77. The Labute approximate surface area is 121 Å². The van der Waals surface area contributed by atoms with Crippen molar-refractivity contribution in [3.8, 4) is 0 Å². The first-order valence-corrected chi connectivity index (χ1v) is 6.12. The Kier molecular flexibility index (Phi) is 5.23.